The summed E-state index contributed by atoms with van der Waals surface area (Å²) in [6.07, 6.45) is 2.31. The molecule has 3 saturated heterocycles. The molecule has 0 saturated carbocycles. The van der Waals surface area contributed by atoms with Crippen molar-refractivity contribution in [2.75, 3.05) is 38.5 Å². The summed E-state index contributed by atoms with van der Waals surface area (Å²) >= 11 is 0. The predicted octanol–water partition coefficient (Wildman–Crippen LogP) is 3.02. The van der Waals surface area contributed by atoms with Crippen LogP contribution in [0.4, 0.5) is 24.8 Å². The Kier molecular flexibility index (Phi) is 7.34. The second-order valence-electron chi connectivity index (χ2n) is 11.4. The van der Waals surface area contributed by atoms with E-state index in [1.807, 2.05) is 30.3 Å². The summed E-state index contributed by atoms with van der Waals surface area (Å²) in [5.74, 6) is 0.157. The SMILES string of the molecule is CN1CCN(C(=O)Cn2cc(Nc3nc4c(C5C[C@H]6CC[C@@H](C5)N6C(=O)CCC(F)(F)F)cccn4n3)cn2)CC1. The highest BCUT2D eigenvalue weighted by atomic mass is 19.4. The van der Waals surface area contributed by atoms with Crippen molar-refractivity contribution in [3.63, 3.8) is 0 Å². The fourth-order valence-electron chi connectivity index (χ4n) is 6.45. The minimum atomic E-state index is -4.33. The maximum Gasteiger partial charge on any atom is 0.389 e. The van der Waals surface area contributed by atoms with E-state index in [9.17, 15) is 22.8 Å². The Labute approximate surface area is 235 Å². The smallest absolute Gasteiger partial charge is 0.339 e. The van der Waals surface area contributed by atoms with E-state index in [1.54, 1.807) is 26.5 Å². The number of hydrogen-bond donors (Lipinski definition) is 1. The maximum atomic E-state index is 12.7. The van der Waals surface area contributed by atoms with Gasteiger partial charge in [-0.2, -0.15) is 23.3 Å². The Bertz CT molecular complexity index is 1400. The summed E-state index contributed by atoms with van der Waals surface area (Å²) in [5.41, 5.74) is 2.38. The van der Waals surface area contributed by atoms with Gasteiger partial charge >= 0.3 is 6.18 Å². The van der Waals surface area contributed by atoms with Gasteiger partial charge in [0.2, 0.25) is 17.8 Å². The molecule has 11 nitrogen and oxygen atoms in total. The average Bonchev–Trinajstić information content (AvgIpc) is 3.62. The summed E-state index contributed by atoms with van der Waals surface area (Å²) < 4.78 is 41.4. The van der Waals surface area contributed by atoms with Gasteiger partial charge < -0.3 is 20.0 Å². The van der Waals surface area contributed by atoms with Crippen LogP contribution >= 0.6 is 0 Å². The summed E-state index contributed by atoms with van der Waals surface area (Å²) in [7, 11) is 2.05. The monoisotopic (exact) mass is 573 g/mol. The van der Waals surface area contributed by atoms with Gasteiger partial charge in [-0.05, 0) is 44.7 Å². The number of aromatic nitrogens is 5. The van der Waals surface area contributed by atoms with Crippen molar-refractivity contribution in [2.24, 2.45) is 0 Å². The molecule has 0 aromatic carbocycles. The number of alkyl halides is 3. The lowest BCUT2D eigenvalue weighted by atomic mass is 9.85. The summed E-state index contributed by atoms with van der Waals surface area (Å²) in [4.78, 5) is 35.8. The van der Waals surface area contributed by atoms with Gasteiger partial charge in [-0.3, -0.25) is 14.3 Å². The fourth-order valence-corrected chi connectivity index (χ4v) is 6.45. The number of piperazine rings is 1. The fraction of sp³-hybridized carbons (Fsp3) is 0.593. The number of rotatable bonds is 7. The van der Waals surface area contributed by atoms with E-state index in [0.717, 1.165) is 31.5 Å². The summed E-state index contributed by atoms with van der Waals surface area (Å²) in [6, 6.07) is 3.81. The van der Waals surface area contributed by atoms with Crippen LogP contribution in [0.25, 0.3) is 5.65 Å². The standard InChI is InChI=1S/C27H34F3N9O2/c1-35-9-11-36(12-10-35)24(41)17-37-16-19(15-31-37)32-26-33-25-22(3-2-8-38(25)34-26)18-13-20-4-5-21(14-18)39(20)23(40)6-7-27(28,29)30/h2-3,8,15-16,18,20-21H,4-7,9-14,17H2,1H3,(H,32,34)/t18?,20-,21+. The molecule has 0 radical (unpaired) electrons. The molecule has 0 aliphatic carbocycles. The van der Waals surface area contributed by atoms with Crippen molar-refractivity contribution in [3.05, 3.63) is 36.3 Å². The number of amides is 2. The molecule has 6 rings (SSSR count). The van der Waals surface area contributed by atoms with E-state index in [0.29, 0.717) is 43.2 Å². The number of nitrogens with one attached hydrogen (secondary N) is 1. The van der Waals surface area contributed by atoms with Crippen molar-refractivity contribution < 1.29 is 22.8 Å². The molecule has 3 aromatic rings. The lowest BCUT2D eigenvalue weighted by molar-refractivity contribution is -0.151. The van der Waals surface area contributed by atoms with Crippen LogP contribution in [0.5, 0.6) is 0 Å². The van der Waals surface area contributed by atoms with Gasteiger partial charge in [0.05, 0.1) is 18.3 Å². The number of likely N-dealkylation sites (N-methyl/N-ethyl adjacent to an activating group) is 1. The summed E-state index contributed by atoms with van der Waals surface area (Å²) in [5, 5.41) is 12.1. The van der Waals surface area contributed by atoms with Crippen LogP contribution in [0.15, 0.2) is 30.7 Å². The van der Waals surface area contributed by atoms with E-state index in [-0.39, 0.29) is 30.5 Å². The molecule has 2 bridgehead atoms. The van der Waals surface area contributed by atoms with Crippen molar-refractivity contribution in [2.45, 2.75) is 69.2 Å². The van der Waals surface area contributed by atoms with Gasteiger partial charge in [-0.15, -0.1) is 5.10 Å². The Hall–Kier alpha value is -3.68. The van der Waals surface area contributed by atoms with E-state index < -0.39 is 24.9 Å². The third-order valence-corrected chi connectivity index (χ3v) is 8.52. The third-order valence-electron chi connectivity index (χ3n) is 8.52. The molecular weight excluding hydrogens is 539 g/mol. The normalized spacial score (nSPS) is 23.4. The molecule has 3 fully saturated rings. The molecule has 3 atom stereocenters. The van der Waals surface area contributed by atoms with Crippen LogP contribution in [0.2, 0.25) is 0 Å². The zero-order chi connectivity index (χ0) is 28.7. The second kappa shape index (κ2) is 11.0. The number of piperidine rings is 1. The Balaban J connectivity index is 1.11. The van der Waals surface area contributed by atoms with Crippen molar-refractivity contribution in [1.82, 2.24) is 39.1 Å². The van der Waals surface area contributed by atoms with Crippen molar-refractivity contribution in [1.29, 1.82) is 0 Å². The molecule has 2 amide bonds. The number of fused-ring (bicyclic) bond motifs is 3. The number of carbonyl (C=O) groups excluding carboxylic acids is 2. The first-order chi connectivity index (χ1) is 19.6. The molecule has 41 heavy (non-hydrogen) atoms. The number of halogens is 3. The highest BCUT2D eigenvalue weighted by Crippen LogP contribution is 2.44. The van der Waals surface area contributed by atoms with Gasteiger partial charge in [0.15, 0.2) is 5.65 Å². The molecule has 1 N–H and O–H groups in total. The molecule has 6 heterocycles. The molecule has 14 heteroatoms. The second-order valence-corrected chi connectivity index (χ2v) is 11.4. The topological polar surface area (TPSA) is 104 Å². The molecule has 220 valence electrons. The van der Waals surface area contributed by atoms with Crippen molar-refractivity contribution >= 4 is 29.1 Å². The lowest BCUT2D eigenvalue weighted by Crippen LogP contribution is -2.48. The largest absolute Gasteiger partial charge is 0.389 e. The highest BCUT2D eigenvalue weighted by molar-refractivity contribution is 5.77. The van der Waals surface area contributed by atoms with Crippen LogP contribution in [-0.2, 0) is 16.1 Å². The Morgan fingerprint density at radius 2 is 1.80 bits per heavy atom. The van der Waals surface area contributed by atoms with E-state index in [4.69, 9.17) is 4.98 Å². The van der Waals surface area contributed by atoms with E-state index in [2.05, 4.69) is 20.4 Å². The van der Waals surface area contributed by atoms with Gasteiger partial charge in [-0.1, -0.05) is 6.07 Å². The third kappa shape index (κ3) is 6.02. The maximum absolute atomic E-state index is 12.7. The number of carbonyl (C=O) groups is 2. The zero-order valence-electron chi connectivity index (χ0n) is 22.9. The minimum absolute atomic E-state index is 0.0327. The van der Waals surface area contributed by atoms with Crippen LogP contribution in [0.3, 0.4) is 0 Å². The van der Waals surface area contributed by atoms with E-state index in [1.165, 1.54) is 0 Å². The summed E-state index contributed by atoms with van der Waals surface area (Å²) in [6.45, 7) is 3.31. The Morgan fingerprint density at radius 1 is 1.07 bits per heavy atom. The first kappa shape index (κ1) is 27.5. The van der Waals surface area contributed by atoms with Crippen LogP contribution < -0.4 is 5.32 Å². The first-order valence-electron chi connectivity index (χ1n) is 14.1. The molecule has 3 aliphatic heterocycles. The predicted molar refractivity (Wildman–Crippen MR) is 143 cm³/mol. The van der Waals surface area contributed by atoms with Crippen LogP contribution in [-0.4, -0.2) is 102 Å². The number of nitrogens with zero attached hydrogens (tertiary/aromatic N) is 8. The van der Waals surface area contributed by atoms with Gasteiger partial charge in [0.25, 0.3) is 0 Å². The number of pyridine rings is 1. The lowest BCUT2D eigenvalue weighted by Gasteiger charge is -2.39. The van der Waals surface area contributed by atoms with Gasteiger partial charge in [0, 0.05) is 62.6 Å². The van der Waals surface area contributed by atoms with Gasteiger partial charge in [-0.25, -0.2) is 4.52 Å². The molecule has 0 spiro atoms. The van der Waals surface area contributed by atoms with Crippen LogP contribution in [0, 0.1) is 0 Å². The molecule has 3 aromatic heterocycles. The van der Waals surface area contributed by atoms with Crippen LogP contribution in [0.1, 0.15) is 50.0 Å². The van der Waals surface area contributed by atoms with E-state index >= 15 is 0 Å². The van der Waals surface area contributed by atoms with Gasteiger partial charge in [0.1, 0.15) is 6.54 Å². The quantitative estimate of drug-likeness (QED) is 0.464. The molecular formula is C27H34F3N9O2. The Morgan fingerprint density at radius 3 is 2.51 bits per heavy atom. The first-order valence-corrected chi connectivity index (χ1v) is 14.1. The average molecular weight is 574 g/mol. The van der Waals surface area contributed by atoms with Crippen molar-refractivity contribution in [3.8, 4) is 0 Å². The molecule has 1 unspecified atom stereocenters. The zero-order valence-corrected chi connectivity index (χ0v) is 22.9. The number of hydrogen-bond acceptors (Lipinski definition) is 7. The minimum Gasteiger partial charge on any atom is -0.339 e. The highest BCUT2D eigenvalue weighted by Gasteiger charge is 2.44. The number of anilines is 2. The molecule has 3 aliphatic rings.